The Kier molecular flexibility index (Phi) is 3.36. The molecule has 0 saturated heterocycles. The molecule has 90 valence electrons. The maximum absolute atomic E-state index is 9.34. The predicted molar refractivity (Wildman–Crippen MR) is 70.2 cm³/mol. The highest BCUT2D eigenvalue weighted by molar-refractivity contribution is 6.35. The van der Waals surface area contributed by atoms with Gasteiger partial charge in [0.1, 0.15) is 0 Å². The normalized spacial score (nSPS) is 18.8. The Labute approximate surface area is 112 Å². The van der Waals surface area contributed by atoms with Crippen molar-refractivity contribution in [3.63, 3.8) is 0 Å². The highest BCUT2D eigenvalue weighted by Gasteiger charge is 2.52. The molecule has 1 aliphatic carbocycles. The van der Waals surface area contributed by atoms with Gasteiger partial charge in [0.2, 0.25) is 0 Å². The summed E-state index contributed by atoms with van der Waals surface area (Å²) >= 11 is 12.1. The molecule has 1 aromatic rings. The Morgan fingerprint density at radius 2 is 2.00 bits per heavy atom. The molecule has 2 rings (SSSR count). The van der Waals surface area contributed by atoms with Crippen molar-refractivity contribution in [1.29, 1.82) is 5.26 Å². The van der Waals surface area contributed by atoms with Crippen LogP contribution in [-0.2, 0) is 0 Å². The van der Waals surface area contributed by atoms with Gasteiger partial charge in [-0.05, 0) is 44.6 Å². The number of hydrogen-bond acceptors (Lipinski definition) is 2. The van der Waals surface area contributed by atoms with E-state index in [0.29, 0.717) is 10.0 Å². The zero-order valence-corrected chi connectivity index (χ0v) is 11.4. The third-order valence-corrected chi connectivity index (χ3v) is 3.87. The summed E-state index contributed by atoms with van der Waals surface area (Å²) in [5, 5.41) is 10.6. The second-order valence-corrected chi connectivity index (χ2v) is 5.64. The van der Waals surface area contributed by atoms with Crippen LogP contribution >= 0.6 is 23.2 Å². The van der Waals surface area contributed by atoms with Crippen molar-refractivity contribution in [3.8, 4) is 6.07 Å². The fraction of sp³-hybridized carbons (Fsp3) is 0.462. The van der Waals surface area contributed by atoms with Crippen LogP contribution in [0, 0.1) is 16.7 Å². The van der Waals surface area contributed by atoms with Crippen LogP contribution in [0.3, 0.4) is 0 Å². The van der Waals surface area contributed by atoms with E-state index in [1.165, 1.54) is 0 Å². The van der Waals surface area contributed by atoms with Crippen LogP contribution in [0.2, 0.25) is 10.0 Å². The fourth-order valence-electron chi connectivity index (χ4n) is 2.37. The van der Waals surface area contributed by atoms with E-state index in [4.69, 9.17) is 23.2 Å². The average molecular weight is 269 g/mol. The Morgan fingerprint density at radius 1 is 1.35 bits per heavy atom. The summed E-state index contributed by atoms with van der Waals surface area (Å²) in [6, 6.07) is 7.97. The first kappa shape index (κ1) is 12.7. The minimum absolute atomic E-state index is 0.0391. The van der Waals surface area contributed by atoms with Gasteiger partial charge in [0.15, 0.2) is 0 Å². The summed E-state index contributed by atoms with van der Waals surface area (Å²) in [6.07, 6.45) is 1.87. The molecule has 17 heavy (non-hydrogen) atoms. The van der Waals surface area contributed by atoms with Gasteiger partial charge in [-0.15, -0.1) is 0 Å². The Hall–Kier alpha value is -0.750. The van der Waals surface area contributed by atoms with Gasteiger partial charge in [0, 0.05) is 10.0 Å². The number of halogens is 2. The largest absolute Gasteiger partial charge is 0.301 e. The Morgan fingerprint density at radius 3 is 2.41 bits per heavy atom. The SMILES string of the molecule is CN(C)C(c1ccc(Cl)cc1Cl)C1(C#N)CC1. The third kappa shape index (κ3) is 2.28. The third-order valence-electron chi connectivity index (χ3n) is 3.31. The molecule has 0 bridgehead atoms. The smallest absolute Gasteiger partial charge is 0.0771 e. The highest BCUT2D eigenvalue weighted by Crippen LogP contribution is 2.57. The molecule has 1 atom stereocenters. The molecule has 1 unspecified atom stereocenters. The topological polar surface area (TPSA) is 27.0 Å². The number of benzene rings is 1. The molecular formula is C13H14Cl2N2. The fourth-order valence-corrected chi connectivity index (χ4v) is 2.89. The van der Waals surface area contributed by atoms with Crippen LogP contribution in [0.25, 0.3) is 0 Å². The Bertz CT molecular complexity index is 473. The lowest BCUT2D eigenvalue weighted by molar-refractivity contribution is 0.232. The summed E-state index contributed by atoms with van der Waals surface area (Å²) in [5.74, 6) is 0. The zero-order chi connectivity index (χ0) is 12.6. The summed E-state index contributed by atoms with van der Waals surface area (Å²) < 4.78 is 0. The van der Waals surface area contributed by atoms with Gasteiger partial charge in [-0.3, -0.25) is 0 Å². The Balaban J connectivity index is 2.44. The van der Waals surface area contributed by atoms with Gasteiger partial charge in [0.05, 0.1) is 17.5 Å². The molecule has 4 heteroatoms. The number of rotatable bonds is 3. The molecular weight excluding hydrogens is 255 g/mol. The molecule has 0 N–H and O–H groups in total. The first-order valence-electron chi connectivity index (χ1n) is 5.53. The van der Waals surface area contributed by atoms with Crippen LogP contribution < -0.4 is 0 Å². The van der Waals surface area contributed by atoms with Gasteiger partial charge in [0.25, 0.3) is 0 Å². The molecule has 1 aliphatic rings. The number of nitriles is 1. The molecule has 1 saturated carbocycles. The van der Waals surface area contributed by atoms with Crippen LogP contribution in [-0.4, -0.2) is 19.0 Å². The predicted octanol–water partition coefficient (Wildman–Crippen LogP) is 3.90. The van der Waals surface area contributed by atoms with E-state index in [-0.39, 0.29) is 11.5 Å². The minimum atomic E-state index is -0.277. The average Bonchev–Trinajstić information content (AvgIpc) is 3.02. The van der Waals surface area contributed by atoms with E-state index < -0.39 is 0 Å². The zero-order valence-electron chi connectivity index (χ0n) is 9.87. The first-order chi connectivity index (χ1) is 8.00. The second-order valence-electron chi connectivity index (χ2n) is 4.80. The molecule has 0 aromatic heterocycles. The number of nitrogens with zero attached hydrogens (tertiary/aromatic N) is 2. The van der Waals surface area contributed by atoms with E-state index in [1.54, 1.807) is 6.07 Å². The molecule has 1 aromatic carbocycles. The van der Waals surface area contributed by atoms with Crippen molar-refractivity contribution < 1.29 is 0 Å². The van der Waals surface area contributed by atoms with E-state index in [2.05, 4.69) is 11.0 Å². The van der Waals surface area contributed by atoms with E-state index in [1.807, 2.05) is 26.2 Å². The van der Waals surface area contributed by atoms with E-state index in [9.17, 15) is 5.26 Å². The quantitative estimate of drug-likeness (QED) is 0.832. The molecule has 0 spiro atoms. The van der Waals surface area contributed by atoms with Crippen molar-refractivity contribution >= 4 is 23.2 Å². The van der Waals surface area contributed by atoms with Crippen LogP contribution in [0.5, 0.6) is 0 Å². The van der Waals surface area contributed by atoms with Crippen molar-refractivity contribution in [1.82, 2.24) is 4.90 Å². The van der Waals surface area contributed by atoms with E-state index in [0.717, 1.165) is 18.4 Å². The van der Waals surface area contributed by atoms with Crippen LogP contribution in [0.4, 0.5) is 0 Å². The maximum Gasteiger partial charge on any atom is 0.0771 e. The van der Waals surface area contributed by atoms with Gasteiger partial charge < -0.3 is 4.90 Å². The van der Waals surface area contributed by atoms with Crippen molar-refractivity contribution in [2.45, 2.75) is 18.9 Å². The van der Waals surface area contributed by atoms with Crippen LogP contribution in [0.15, 0.2) is 18.2 Å². The van der Waals surface area contributed by atoms with Crippen molar-refractivity contribution in [2.75, 3.05) is 14.1 Å². The first-order valence-corrected chi connectivity index (χ1v) is 6.28. The molecule has 2 nitrogen and oxygen atoms in total. The lowest BCUT2D eigenvalue weighted by atomic mass is 9.90. The lowest BCUT2D eigenvalue weighted by Crippen LogP contribution is -2.28. The van der Waals surface area contributed by atoms with E-state index >= 15 is 0 Å². The standard InChI is InChI=1S/C13H14Cl2N2/c1-17(2)12(13(8-16)5-6-13)10-4-3-9(14)7-11(10)15/h3-4,7,12H,5-6H2,1-2H3. The van der Waals surface area contributed by atoms with Gasteiger partial charge in [-0.25, -0.2) is 0 Å². The second kappa shape index (κ2) is 4.49. The molecule has 1 fully saturated rings. The molecule has 0 heterocycles. The summed E-state index contributed by atoms with van der Waals surface area (Å²) in [4.78, 5) is 2.06. The van der Waals surface area contributed by atoms with Gasteiger partial charge in [-0.1, -0.05) is 29.3 Å². The van der Waals surface area contributed by atoms with Gasteiger partial charge >= 0.3 is 0 Å². The van der Waals surface area contributed by atoms with Crippen molar-refractivity contribution in [3.05, 3.63) is 33.8 Å². The van der Waals surface area contributed by atoms with Crippen LogP contribution in [0.1, 0.15) is 24.4 Å². The molecule has 0 aliphatic heterocycles. The summed E-state index contributed by atoms with van der Waals surface area (Å²) in [6.45, 7) is 0. The molecule has 0 amide bonds. The van der Waals surface area contributed by atoms with Crippen molar-refractivity contribution in [2.24, 2.45) is 5.41 Å². The molecule has 0 radical (unpaired) electrons. The highest BCUT2D eigenvalue weighted by atomic mass is 35.5. The number of hydrogen-bond donors (Lipinski definition) is 0. The summed E-state index contributed by atoms with van der Waals surface area (Å²) in [5.41, 5.74) is 0.709. The monoisotopic (exact) mass is 268 g/mol. The summed E-state index contributed by atoms with van der Waals surface area (Å²) in [7, 11) is 3.96. The lowest BCUT2D eigenvalue weighted by Gasteiger charge is -2.29. The maximum atomic E-state index is 9.34. The van der Waals surface area contributed by atoms with Gasteiger partial charge in [-0.2, -0.15) is 5.26 Å². The minimum Gasteiger partial charge on any atom is -0.301 e.